The minimum Gasteiger partial charge on any atom is -0.342 e. The lowest BCUT2D eigenvalue weighted by Gasteiger charge is -2.33. The number of carbonyl (C=O) groups is 1. The first-order valence-corrected chi connectivity index (χ1v) is 10.4. The Morgan fingerprint density at radius 1 is 1.00 bits per heavy atom. The molecule has 0 unspecified atom stereocenters. The average molecular weight is 465 g/mol. The summed E-state index contributed by atoms with van der Waals surface area (Å²) in [6.45, 7) is 1.48. The van der Waals surface area contributed by atoms with Gasteiger partial charge in [0.15, 0.2) is 0 Å². The monoisotopic (exact) mass is 464 g/mol. The molecule has 2 fully saturated rings. The lowest BCUT2D eigenvalue weighted by Crippen LogP contribution is -2.47. The van der Waals surface area contributed by atoms with Gasteiger partial charge in [-0.05, 0) is 49.4 Å². The number of nitrogens with zero attached hydrogens (tertiary/aromatic N) is 2. The molecule has 8 heteroatoms. The second-order valence-electron chi connectivity index (χ2n) is 8.14. The van der Waals surface area contributed by atoms with Gasteiger partial charge in [0.2, 0.25) is 5.91 Å². The van der Waals surface area contributed by atoms with E-state index in [4.69, 9.17) is 0 Å². The molecule has 5 rings (SSSR count). The zero-order chi connectivity index (χ0) is 19.8. The quantitative estimate of drug-likeness (QED) is 0.587. The molecule has 166 valence electrons. The van der Waals surface area contributed by atoms with E-state index >= 15 is 0 Å². The molecular formula is C23H27Cl2FN4O. The summed E-state index contributed by atoms with van der Waals surface area (Å²) in [4.78, 5) is 22.9. The van der Waals surface area contributed by atoms with E-state index in [2.05, 4.69) is 27.4 Å². The van der Waals surface area contributed by atoms with Gasteiger partial charge in [-0.25, -0.2) is 9.37 Å². The Kier molecular flexibility index (Phi) is 7.57. The van der Waals surface area contributed by atoms with E-state index in [1.807, 2.05) is 23.1 Å². The van der Waals surface area contributed by atoms with Gasteiger partial charge in [-0.3, -0.25) is 10.1 Å². The van der Waals surface area contributed by atoms with Gasteiger partial charge in [-0.15, -0.1) is 24.8 Å². The Morgan fingerprint density at radius 2 is 1.74 bits per heavy atom. The van der Waals surface area contributed by atoms with E-state index in [0.29, 0.717) is 0 Å². The average Bonchev–Trinajstić information content (AvgIpc) is 3.41. The smallest absolute Gasteiger partial charge is 0.239 e. The molecule has 0 spiro atoms. The number of benzene rings is 2. The molecule has 0 aliphatic carbocycles. The molecular weight excluding hydrogens is 438 g/mol. The molecule has 1 amide bonds. The Hall–Kier alpha value is -2.15. The molecule has 0 bridgehead atoms. The molecule has 2 atom stereocenters. The van der Waals surface area contributed by atoms with Crippen molar-refractivity contribution in [3.8, 4) is 0 Å². The summed E-state index contributed by atoms with van der Waals surface area (Å²) in [6.07, 6.45) is 3.63. The molecule has 2 N–H and O–H groups in total. The number of fused-ring (bicyclic) bond motifs is 1. The molecule has 2 aliphatic heterocycles. The Balaban J connectivity index is 0.00000136. The number of hydrogen-bond donors (Lipinski definition) is 2. The number of likely N-dealkylation sites (tertiary alicyclic amines) is 1. The fourth-order valence-corrected chi connectivity index (χ4v) is 4.67. The predicted molar refractivity (Wildman–Crippen MR) is 124 cm³/mol. The van der Waals surface area contributed by atoms with Crippen LogP contribution in [0.1, 0.15) is 49.0 Å². The summed E-state index contributed by atoms with van der Waals surface area (Å²) in [7, 11) is 0. The van der Waals surface area contributed by atoms with Gasteiger partial charge < -0.3 is 9.88 Å². The SMILES string of the molecule is Cl.Cl.O=C([C@H]1CC[C@H](c2ccccc2)N1)N1CCC(c2nc3ccc(F)cc3[nH]2)CC1. The van der Waals surface area contributed by atoms with Gasteiger partial charge >= 0.3 is 0 Å². The fraction of sp³-hybridized carbons (Fsp3) is 0.391. The van der Waals surface area contributed by atoms with Crippen molar-refractivity contribution in [3.63, 3.8) is 0 Å². The van der Waals surface area contributed by atoms with Crippen molar-refractivity contribution in [2.24, 2.45) is 0 Å². The maximum atomic E-state index is 13.4. The Bertz CT molecular complexity index is 1020. The molecule has 0 saturated carbocycles. The molecule has 1 aromatic heterocycles. The molecule has 5 nitrogen and oxygen atoms in total. The largest absolute Gasteiger partial charge is 0.342 e. The number of amides is 1. The van der Waals surface area contributed by atoms with Gasteiger partial charge in [0.05, 0.1) is 17.1 Å². The highest BCUT2D eigenvalue weighted by Gasteiger charge is 2.34. The second kappa shape index (κ2) is 9.98. The van der Waals surface area contributed by atoms with Crippen LogP contribution in [0.3, 0.4) is 0 Å². The minimum atomic E-state index is -0.258. The maximum absolute atomic E-state index is 13.4. The second-order valence-corrected chi connectivity index (χ2v) is 8.14. The highest BCUT2D eigenvalue weighted by molar-refractivity contribution is 5.85. The van der Waals surface area contributed by atoms with E-state index in [1.54, 1.807) is 6.07 Å². The molecule has 0 radical (unpaired) electrons. The zero-order valence-electron chi connectivity index (χ0n) is 17.1. The van der Waals surface area contributed by atoms with E-state index in [1.165, 1.54) is 17.7 Å². The standard InChI is InChI=1S/C23H25FN4O.2ClH/c24-17-6-7-19-21(14-17)27-22(26-19)16-10-12-28(13-11-16)23(29)20-9-8-18(25-20)15-4-2-1-3-5-15;;/h1-7,14,16,18,20,25H,8-13H2,(H,26,27);2*1H/t18-,20-;;/m1../s1. The summed E-state index contributed by atoms with van der Waals surface area (Å²) < 4.78 is 13.4. The number of nitrogens with one attached hydrogen (secondary N) is 2. The van der Waals surface area contributed by atoms with Crippen LogP contribution in [0.2, 0.25) is 0 Å². The van der Waals surface area contributed by atoms with Crippen LogP contribution in [0.5, 0.6) is 0 Å². The van der Waals surface area contributed by atoms with Gasteiger partial charge in [-0.2, -0.15) is 0 Å². The molecule has 2 aromatic carbocycles. The summed E-state index contributed by atoms with van der Waals surface area (Å²) in [6, 6.07) is 15.1. The lowest BCUT2D eigenvalue weighted by molar-refractivity contribution is -0.134. The molecule has 3 heterocycles. The van der Waals surface area contributed by atoms with E-state index in [0.717, 1.165) is 55.6 Å². The maximum Gasteiger partial charge on any atom is 0.239 e. The number of rotatable bonds is 3. The molecule has 2 saturated heterocycles. The van der Waals surface area contributed by atoms with Crippen LogP contribution in [0.15, 0.2) is 48.5 Å². The van der Waals surface area contributed by atoms with E-state index in [9.17, 15) is 9.18 Å². The highest BCUT2D eigenvalue weighted by atomic mass is 35.5. The van der Waals surface area contributed by atoms with Gasteiger partial charge in [0.25, 0.3) is 0 Å². The van der Waals surface area contributed by atoms with Crippen molar-refractivity contribution in [1.29, 1.82) is 0 Å². The number of halogens is 3. The van der Waals surface area contributed by atoms with Crippen LogP contribution in [-0.4, -0.2) is 39.9 Å². The number of H-pyrrole nitrogens is 1. The number of imidazole rings is 1. The summed E-state index contributed by atoms with van der Waals surface area (Å²) in [5.41, 5.74) is 2.78. The van der Waals surface area contributed by atoms with Gasteiger partial charge in [0.1, 0.15) is 11.6 Å². The van der Waals surface area contributed by atoms with Crippen molar-refractivity contribution in [2.75, 3.05) is 13.1 Å². The summed E-state index contributed by atoms with van der Waals surface area (Å²) in [5.74, 6) is 1.14. The summed E-state index contributed by atoms with van der Waals surface area (Å²) in [5, 5.41) is 3.52. The van der Waals surface area contributed by atoms with Crippen LogP contribution < -0.4 is 5.32 Å². The highest BCUT2D eigenvalue weighted by Crippen LogP contribution is 2.31. The predicted octanol–water partition coefficient (Wildman–Crippen LogP) is 4.74. The molecule has 31 heavy (non-hydrogen) atoms. The Morgan fingerprint density at radius 3 is 2.48 bits per heavy atom. The zero-order valence-corrected chi connectivity index (χ0v) is 18.7. The van der Waals surface area contributed by atoms with Crippen LogP contribution in [0, 0.1) is 5.82 Å². The van der Waals surface area contributed by atoms with Crippen molar-refractivity contribution in [3.05, 3.63) is 65.7 Å². The van der Waals surface area contributed by atoms with Gasteiger partial charge in [0, 0.05) is 25.0 Å². The van der Waals surface area contributed by atoms with Crippen LogP contribution in [0.4, 0.5) is 4.39 Å². The fourth-order valence-electron chi connectivity index (χ4n) is 4.67. The first kappa shape index (κ1) is 23.5. The van der Waals surface area contributed by atoms with Crippen LogP contribution in [-0.2, 0) is 4.79 Å². The first-order chi connectivity index (χ1) is 14.2. The number of hydrogen-bond acceptors (Lipinski definition) is 3. The van der Waals surface area contributed by atoms with Crippen molar-refractivity contribution in [2.45, 2.75) is 43.7 Å². The van der Waals surface area contributed by atoms with Crippen LogP contribution >= 0.6 is 24.8 Å². The van der Waals surface area contributed by atoms with Crippen molar-refractivity contribution in [1.82, 2.24) is 20.2 Å². The number of aromatic nitrogens is 2. The molecule has 3 aromatic rings. The minimum absolute atomic E-state index is 0. The number of piperidine rings is 1. The topological polar surface area (TPSA) is 61.0 Å². The van der Waals surface area contributed by atoms with Crippen molar-refractivity contribution < 1.29 is 9.18 Å². The van der Waals surface area contributed by atoms with E-state index in [-0.39, 0.29) is 54.5 Å². The third-order valence-corrected chi connectivity index (χ3v) is 6.30. The third kappa shape index (κ3) is 4.86. The first-order valence-electron chi connectivity index (χ1n) is 10.4. The molecule has 2 aliphatic rings. The van der Waals surface area contributed by atoms with Gasteiger partial charge in [-0.1, -0.05) is 30.3 Å². The number of carbonyl (C=O) groups excluding carboxylic acids is 1. The summed E-state index contributed by atoms with van der Waals surface area (Å²) >= 11 is 0. The Labute approximate surface area is 193 Å². The lowest BCUT2D eigenvalue weighted by atomic mass is 9.95. The number of aromatic amines is 1. The normalized spacial score (nSPS) is 21.5. The van der Waals surface area contributed by atoms with Crippen molar-refractivity contribution >= 4 is 41.8 Å². The van der Waals surface area contributed by atoms with E-state index < -0.39 is 0 Å². The third-order valence-electron chi connectivity index (χ3n) is 6.30. The van der Waals surface area contributed by atoms with Crippen LogP contribution in [0.25, 0.3) is 11.0 Å².